The van der Waals surface area contributed by atoms with Crippen LogP contribution in [-0.2, 0) is 0 Å². The molecule has 21 heavy (non-hydrogen) atoms. The van der Waals surface area contributed by atoms with Crippen molar-refractivity contribution < 1.29 is 18.0 Å². The summed E-state index contributed by atoms with van der Waals surface area (Å²) in [6.45, 7) is 1.35. The lowest BCUT2D eigenvalue weighted by Gasteiger charge is -2.23. The normalized spacial score (nSPS) is 24.9. The second-order valence-corrected chi connectivity index (χ2v) is 6.80. The highest BCUT2D eigenvalue weighted by atomic mass is 32.2. The second kappa shape index (κ2) is 7.58. The van der Waals surface area contributed by atoms with E-state index in [9.17, 15) is 18.0 Å². The molecular formula is C13H22F3N3OS. The van der Waals surface area contributed by atoms with Gasteiger partial charge in [-0.1, -0.05) is 0 Å². The van der Waals surface area contributed by atoms with Crippen molar-refractivity contribution in [1.29, 1.82) is 0 Å². The second-order valence-electron chi connectivity index (χ2n) is 5.65. The minimum atomic E-state index is -4.17. The molecule has 0 spiro atoms. The van der Waals surface area contributed by atoms with Gasteiger partial charge in [0.05, 0.1) is 6.54 Å². The molecule has 0 aromatic heterocycles. The van der Waals surface area contributed by atoms with E-state index in [4.69, 9.17) is 0 Å². The maximum atomic E-state index is 12.4. The van der Waals surface area contributed by atoms with E-state index in [0.29, 0.717) is 38.5 Å². The fourth-order valence-electron chi connectivity index (χ4n) is 2.67. The SMILES string of the molecule is O=C(NCC1CCSC1)N1CCCN(CC(F)(F)F)CC1. The molecule has 2 saturated heterocycles. The van der Waals surface area contributed by atoms with E-state index in [0.717, 1.165) is 17.9 Å². The lowest BCUT2D eigenvalue weighted by molar-refractivity contribution is -0.145. The van der Waals surface area contributed by atoms with Crippen LogP contribution in [-0.4, -0.2) is 72.8 Å². The van der Waals surface area contributed by atoms with Gasteiger partial charge in [0.15, 0.2) is 0 Å². The molecule has 0 aromatic carbocycles. The van der Waals surface area contributed by atoms with Gasteiger partial charge in [0, 0.05) is 32.7 Å². The maximum absolute atomic E-state index is 12.4. The van der Waals surface area contributed by atoms with Crippen LogP contribution in [0.2, 0.25) is 0 Å². The van der Waals surface area contributed by atoms with Gasteiger partial charge >= 0.3 is 12.2 Å². The molecular weight excluding hydrogens is 303 g/mol. The summed E-state index contributed by atoms with van der Waals surface area (Å²) < 4.78 is 37.2. The summed E-state index contributed by atoms with van der Waals surface area (Å²) in [6.07, 6.45) is -2.45. The van der Waals surface area contributed by atoms with Crippen LogP contribution in [0.1, 0.15) is 12.8 Å². The Morgan fingerprint density at radius 2 is 2.05 bits per heavy atom. The van der Waals surface area contributed by atoms with Gasteiger partial charge < -0.3 is 10.2 Å². The minimum Gasteiger partial charge on any atom is -0.338 e. The average molecular weight is 325 g/mol. The molecule has 0 bridgehead atoms. The zero-order valence-electron chi connectivity index (χ0n) is 12.0. The van der Waals surface area contributed by atoms with Crippen LogP contribution in [0.4, 0.5) is 18.0 Å². The summed E-state index contributed by atoms with van der Waals surface area (Å²) in [5.74, 6) is 2.77. The Kier molecular flexibility index (Phi) is 6.04. The van der Waals surface area contributed by atoms with Gasteiger partial charge in [-0.2, -0.15) is 24.9 Å². The number of thioether (sulfide) groups is 1. The topological polar surface area (TPSA) is 35.6 Å². The molecule has 1 unspecified atom stereocenters. The highest BCUT2D eigenvalue weighted by Gasteiger charge is 2.31. The highest BCUT2D eigenvalue weighted by molar-refractivity contribution is 7.99. The number of amides is 2. The summed E-state index contributed by atoms with van der Waals surface area (Å²) in [5.41, 5.74) is 0. The molecule has 2 aliphatic rings. The number of urea groups is 1. The first kappa shape index (κ1) is 16.7. The molecule has 0 radical (unpaired) electrons. The minimum absolute atomic E-state index is 0.138. The number of hydrogen-bond acceptors (Lipinski definition) is 3. The third-order valence-electron chi connectivity index (χ3n) is 3.84. The van der Waals surface area contributed by atoms with Crippen LogP contribution in [0.3, 0.4) is 0 Å². The zero-order valence-corrected chi connectivity index (χ0v) is 12.8. The Morgan fingerprint density at radius 1 is 1.24 bits per heavy atom. The first-order valence-electron chi connectivity index (χ1n) is 7.34. The van der Waals surface area contributed by atoms with E-state index in [1.54, 1.807) is 4.90 Å². The first-order valence-corrected chi connectivity index (χ1v) is 8.49. The van der Waals surface area contributed by atoms with E-state index in [1.807, 2.05) is 11.8 Å². The fraction of sp³-hybridized carbons (Fsp3) is 0.923. The smallest absolute Gasteiger partial charge is 0.338 e. The number of hydrogen-bond donors (Lipinski definition) is 1. The van der Waals surface area contributed by atoms with Gasteiger partial charge in [0.2, 0.25) is 0 Å². The van der Waals surface area contributed by atoms with E-state index in [1.165, 1.54) is 4.90 Å². The first-order chi connectivity index (χ1) is 9.94. The zero-order chi connectivity index (χ0) is 15.3. The highest BCUT2D eigenvalue weighted by Crippen LogP contribution is 2.22. The maximum Gasteiger partial charge on any atom is 0.401 e. The number of nitrogens with zero attached hydrogens (tertiary/aromatic N) is 2. The van der Waals surface area contributed by atoms with Crippen molar-refractivity contribution in [3.05, 3.63) is 0 Å². The van der Waals surface area contributed by atoms with Crippen LogP contribution < -0.4 is 5.32 Å². The fourth-order valence-corrected chi connectivity index (χ4v) is 3.96. The van der Waals surface area contributed by atoms with Gasteiger partial charge in [0.1, 0.15) is 0 Å². The Bertz CT molecular complexity index is 348. The Labute approximate surface area is 127 Å². The molecule has 2 heterocycles. The summed E-state index contributed by atoms with van der Waals surface area (Å²) >= 11 is 1.90. The third kappa shape index (κ3) is 5.94. The van der Waals surface area contributed by atoms with E-state index in [2.05, 4.69) is 5.32 Å². The molecule has 1 atom stereocenters. The number of rotatable bonds is 3. The van der Waals surface area contributed by atoms with Crippen molar-refractivity contribution >= 4 is 17.8 Å². The Morgan fingerprint density at radius 3 is 2.71 bits per heavy atom. The van der Waals surface area contributed by atoms with Crippen LogP contribution in [0.25, 0.3) is 0 Å². The average Bonchev–Trinajstić information content (AvgIpc) is 2.81. The molecule has 0 saturated carbocycles. The molecule has 2 fully saturated rings. The number of halogens is 3. The van der Waals surface area contributed by atoms with Crippen molar-refractivity contribution in [3.63, 3.8) is 0 Å². The van der Waals surface area contributed by atoms with Crippen LogP contribution in [0, 0.1) is 5.92 Å². The largest absolute Gasteiger partial charge is 0.401 e. The number of carbonyl (C=O) groups is 1. The van der Waals surface area contributed by atoms with Crippen LogP contribution >= 0.6 is 11.8 Å². The van der Waals surface area contributed by atoms with Crippen molar-refractivity contribution in [2.45, 2.75) is 19.0 Å². The molecule has 2 amide bonds. The summed E-state index contributed by atoms with van der Waals surface area (Å²) in [6, 6.07) is -0.138. The van der Waals surface area contributed by atoms with Crippen molar-refractivity contribution in [2.24, 2.45) is 5.92 Å². The molecule has 0 aromatic rings. The van der Waals surface area contributed by atoms with Gasteiger partial charge in [-0.25, -0.2) is 4.79 Å². The summed E-state index contributed by atoms with van der Waals surface area (Å²) in [4.78, 5) is 15.1. The molecule has 2 aliphatic heterocycles. The van der Waals surface area contributed by atoms with Crippen LogP contribution in [0.5, 0.6) is 0 Å². The Balaban J connectivity index is 1.72. The number of carbonyl (C=O) groups excluding carboxylic acids is 1. The lowest BCUT2D eigenvalue weighted by atomic mass is 10.1. The monoisotopic (exact) mass is 325 g/mol. The summed E-state index contributed by atoms with van der Waals surface area (Å²) in [5, 5.41) is 2.92. The third-order valence-corrected chi connectivity index (χ3v) is 5.08. The standard InChI is InChI=1S/C13H22F3N3OS/c14-13(15,16)10-18-3-1-4-19(6-5-18)12(20)17-8-11-2-7-21-9-11/h11H,1-10H2,(H,17,20). The van der Waals surface area contributed by atoms with Crippen molar-refractivity contribution in [3.8, 4) is 0 Å². The van der Waals surface area contributed by atoms with E-state index >= 15 is 0 Å². The predicted octanol–water partition coefficient (Wildman–Crippen LogP) is 2.02. The van der Waals surface area contributed by atoms with E-state index in [-0.39, 0.29) is 12.6 Å². The van der Waals surface area contributed by atoms with E-state index < -0.39 is 12.7 Å². The predicted molar refractivity (Wildman–Crippen MR) is 77.5 cm³/mol. The van der Waals surface area contributed by atoms with Gasteiger partial charge in [-0.15, -0.1) is 0 Å². The molecule has 0 aliphatic carbocycles. The lowest BCUT2D eigenvalue weighted by Crippen LogP contribution is -2.44. The molecule has 8 heteroatoms. The molecule has 122 valence electrons. The number of alkyl halides is 3. The quantitative estimate of drug-likeness (QED) is 0.862. The molecule has 2 rings (SSSR count). The van der Waals surface area contributed by atoms with Gasteiger partial charge in [-0.3, -0.25) is 4.90 Å². The van der Waals surface area contributed by atoms with Gasteiger partial charge in [-0.05, 0) is 30.3 Å². The summed E-state index contributed by atoms with van der Waals surface area (Å²) in [7, 11) is 0. The van der Waals surface area contributed by atoms with Crippen LogP contribution in [0.15, 0.2) is 0 Å². The van der Waals surface area contributed by atoms with Crippen molar-refractivity contribution in [1.82, 2.24) is 15.1 Å². The van der Waals surface area contributed by atoms with Crippen molar-refractivity contribution in [2.75, 3.05) is 50.8 Å². The molecule has 1 N–H and O–H groups in total. The van der Waals surface area contributed by atoms with Gasteiger partial charge in [0.25, 0.3) is 0 Å². The molecule has 4 nitrogen and oxygen atoms in total. The number of nitrogens with one attached hydrogen (secondary N) is 1. The Hall–Kier alpha value is -0.630.